The van der Waals surface area contributed by atoms with Gasteiger partial charge in [0.15, 0.2) is 12.0 Å². The second kappa shape index (κ2) is 6.84. The first-order valence-corrected chi connectivity index (χ1v) is 10.2. The minimum atomic E-state index is -1.66. The van der Waals surface area contributed by atoms with E-state index in [1.54, 1.807) is 13.0 Å². The predicted molar refractivity (Wildman–Crippen MR) is 110 cm³/mol. The molecule has 0 unspecified atom stereocenters. The molecule has 7 heteroatoms. The Morgan fingerprint density at radius 2 is 2.03 bits per heavy atom. The van der Waals surface area contributed by atoms with E-state index in [1.807, 2.05) is 30.3 Å². The third kappa shape index (κ3) is 2.52. The van der Waals surface area contributed by atoms with E-state index in [-0.39, 0.29) is 43.8 Å². The SMILES string of the molecule is CC[C@@]1(O)C(=O)CCc2c1cc1n(c2=O)[C@H](OCCO)c2cc3ccccc3nc2-1. The number of Topliss-reactive ketones (excluding diaryl/α,β-unsaturated/α-hetero) is 1. The smallest absolute Gasteiger partial charge is 0.257 e. The monoisotopic (exact) mass is 406 g/mol. The number of ketones is 1. The highest BCUT2D eigenvalue weighted by Gasteiger charge is 2.44. The zero-order chi connectivity index (χ0) is 21.0. The van der Waals surface area contributed by atoms with Crippen LogP contribution < -0.4 is 5.56 Å². The summed E-state index contributed by atoms with van der Waals surface area (Å²) in [5.41, 5.74) is 1.48. The van der Waals surface area contributed by atoms with Gasteiger partial charge in [-0.2, -0.15) is 0 Å². The maximum Gasteiger partial charge on any atom is 0.257 e. The average molecular weight is 406 g/mol. The van der Waals surface area contributed by atoms with Crippen molar-refractivity contribution in [2.75, 3.05) is 13.2 Å². The summed E-state index contributed by atoms with van der Waals surface area (Å²) in [6.45, 7) is 1.63. The van der Waals surface area contributed by atoms with Crippen LogP contribution in [0.3, 0.4) is 0 Å². The Morgan fingerprint density at radius 1 is 1.23 bits per heavy atom. The number of carbonyl (C=O) groups is 1. The lowest BCUT2D eigenvalue weighted by Crippen LogP contribution is -2.43. The van der Waals surface area contributed by atoms with Crippen molar-refractivity contribution in [1.82, 2.24) is 9.55 Å². The fourth-order valence-electron chi connectivity index (χ4n) is 4.67. The maximum atomic E-state index is 13.5. The third-order valence-electron chi connectivity index (χ3n) is 6.23. The molecule has 0 amide bonds. The van der Waals surface area contributed by atoms with Crippen molar-refractivity contribution in [3.63, 3.8) is 0 Å². The molecule has 2 aromatic heterocycles. The van der Waals surface area contributed by atoms with E-state index in [4.69, 9.17) is 9.72 Å². The first-order valence-electron chi connectivity index (χ1n) is 10.2. The average Bonchev–Trinajstić information content (AvgIpc) is 3.06. The lowest BCUT2D eigenvalue weighted by atomic mass is 9.77. The number of hydrogen-bond acceptors (Lipinski definition) is 6. The molecular weight excluding hydrogens is 384 g/mol. The van der Waals surface area contributed by atoms with Gasteiger partial charge in [0.2, 0.25) is 0 Å². The molecule has 0 spiro atoms. The minimum absolute atomic E-state index is 0.0667. The lowest BCUT2D eigenvalue weighted by Gasteiger charge is -2.32. The van der Waals surface area contributed by atoms with Crippen LogP contribution in [0.15, 0.2) is 41.2 Å². The number of ether oxygens (including phenoxy) is 1. The molecule has 1 aliphatic carbocycles. The molecule has 7 nitrogen and oxygen atoms in total. The normalized spacial score (nSPS) is 22.1. The van der Waals surface area contributed by atoms with Gasteiger partial charge < -0.3 is 14.9 Å². The van der Waals surface area contributed by atoms with Crippen LogP contribution in [0.4, 0.5) is 0 Å². The Balaban J connectivity index is 1.82. The Labute approximate surface area is 172 Å². The number of hydrogen-bond donors (Lipinski definition) is 2. The molecule has 3 aromatic rings. The van der Waals surface area contributed by atoms with E-state index in [0.717, 1.165) is 16.5 Å². The summed E-state index contributed by atoms with van der Waals surface area (Å²) in [7, 11) is 0. The number of benzene rings is 1. The molecule has 0 bridgehead atoms. The molecule has 5 rings (SSSR count). The van der Waals surface area contributed by atoms with Crippen LogP contribution in [0, 0.1) is 0 Å². The van der Waals surface area contributed by atoms with Crippen molar-refractivity contribution >= 4 is 16.7 Å². The summed E-state index contributed by atoms with van der Waals surface area (Å²) >= 11 is 0. The highest BCUT2D eigenvalue weighted by molar-refractivity contribution is 5.91. The molecule has 154 valence electrons. The number of para-hydroxylation sites is 1. The molecule has 1 aromatic carbocycles. The van der Waals surface area contributed by atoms with Crippen LogP contribution in [0.2, 0.25) is 0 Å². The Bertz CT molecular complexity index is 1250. The molecule has 0 radical (unpaired) electrons. The van der Waals surface area contributed by atoms with Crippen molar-refractivity contribution < 1.29 is 19.7 Å². The van der Waals surface area contributed by atoms with Gasteiger partial charge in [-0.25, -0.2) is 4.98 Å². The molecule has 1 aliphatic heterocycles. The third-order valence-corrected chi connectivity index (χ3v) is 6.23. The van der Waals surface area contributed by atoms with Crippen molar-refractivity contribution in [1.29, 1.82) is 0 Å². The van der Waals surface area contributed by atoms with Crippen molar-refractivity contribution in [3.8, 4) is 11.4 Å². The summed E-state index contributed by atoms with van der Waals surface area (Å²) in [5.74, 6) is -0.264. The molecule has 0 fully saturated rings. The van der Waals surface area contributed by atoms with Gasteiger partial charge >= 0.3 is 0 Å². The Kier molecular flexibility index (Phi) is 4.36. The number of aliphatic hydroxyl groups is 2. The second-order valence-electron chi connectivity index (χ2n) is 7.80. The summed E-state index contributed by atoms with van der Waals surface area (Å²) in [6.07, 6.45) is -0.106. The van der Waals surface area contributed by atoms with E-state index in [1.165, 1.54) is 4.57 Å². The highest BCUT2D eigenvalue weighted by atomic mass is 16.5. The molecule has 0 saturated carbocycles. The van der Waals surface area contributed by atoms with E-state index in [0.29, 0.717) is 22.5 Å². The van der Waals surface area contributed by atoms with Gasteiger partial charge in [-0.15, -0.1) is 0 Å². The fraction of sp³-hybridized carbons (Fsp3) is 0.348. The number of nitrogens with zero attached hydrogens (tertiary/aromatic N) is 2. The Hall–Kier alpha value is -2.87. The van der Waals surface area contributed by atoms with E-state index in [9.17, 15) is 19.8 Å². The molecular formula is C23H22N2O5. The first-order chi connectivity index (χ1) is 14.5. The quantitative estimate of drug-likeness (QED) is 0.688. The van der Waals surface area contributed by atoms with E-state index in [2.05, 4.69) is 0 Å². The topological polar surface area (TPSA) is 102 Å². The molecule has 30 heavy (non-hydrogen) atoms. The van der Waals surface area contributed by atoms with Crippen LogP contribution in [-0.2, 0) is 21.6 Å². The van der Waals surface area contributed by atoms with Crippen LogP contribution in [0.1, 0.15) is 42.7 Å². The zero-order valence-corrected chi connectivity index (χ0v) is 16.6. The van der Waals surface area contributed by atoms with E-state index < -0.39 is 11.8 Å². The second-order valence-corrected chi connectivity index (χ2v) is 7.80. The number of aliphatic hydroxyl groups excluding tert-OH is 1. The zero-order valence-electron chi connectivity index (χ0n) is 16.6. The van der Waals surface area contributed by atoms with Crippen molar-refractivity contribution in [2.24, 2.45) is 0 Å². The molecule has 2 N–H and O–H groups in total. The van der Waals surface area contributed by atoms with Crippen LogP contribution in [-0.4, -0.2) is 38.8 Å². The number of carbonyl (C=O) groups excluding carboxylic acids is 1. The van der Waals surface area contributed by atoms with E-state index >= 15 is 0 Å². The van der Waals surface area contributed by atoms with Gasteiger partial charge in [-0.3, -0.25) is 14.2 Å². The van der Waals surface area contributed by atoms with Gasteiger partial charge in [0.25, 0.3) is 5.56 Å². The number of pyridine rings is 2. The summed E-state index contributed by atoms with van der Waals surface area (Å²) < 4.78 is 7.41. The maximum absolute atomic E-state index is 13.5. The van der Waals surface area contributed by atoms with Crippen LogP contribution in [0.5, 0.6) is 0 Å². The van der Waals surface area contributed by atoms with Crippen molar-refractivity contribution in [3.05, 3.63) is 63.4 Å². The van der Waals surface area contributed by atoms with Gasteiger partial charge in [-0.05, 0) is 31.0 Å². The highest BCUT2D eigenvalue weighted by Crippen LogP contribution is 2.43. The minimum Gasteiger partial charge on any atom is -0.394 e. The summed E-state index contributed by atoms with van der Waals surface area (Å²) in [4.78, 5) is 30.8. The number of fused-ring (bicyclic) bond motifs is 5. The molecule has 0 saturated heterocycles. The molecule has 2 aliphatic rings. The number of aromatic nitrogens is 2. The lowest BCUT2D eigenvalue weighted by molar-refractivity contribution is -0.140. The van der Waals surface area contributed by atoms with Gasteiger partial charge in [0.1, 0.15) is 5.60 Å². The van der Waals surface area contributed by atoms with Crippen LogP contribution in [0.25, 0.3) is 22.3 Å². The predicted octanol–water partition coefficient (Wildman–Crippen LogP) is 2.05. The van der Waals surface area contributed by atoms with Gasteiger partial charge in [0.05, 0.1) is 30.1 Å². The summed E-state index contributed by atoms with van der Waals surface area (Å²) in [6, 6.07) is 11.3. The molecule has 3 heterocycles. The Morgan fingerprint density at radius 3 is 2.80 bits per heavy atom. The largest absolute Gasteiger partial charge is 0.394 e. The standard InChI is InChI=1S/C23H22N2O5/c1-2-23(29)16-12-18-20-15(11-13-5-3-4-6-17(13)24-20)22(30-10-9-26)25(18)21(28)14(16)7-8-19(23)27/h3-6,11-12,22,26,29H,2,7-10H2,1H3/t22-,23+/m1/s1. The fourth-order valence-corrected chi connectivity index (χ4v) is 4.67. The van der Waals surface area contributed by atoms with Gasteiger partial charge in [0, 0.05) is 28.5 Å². The van der Waals surface area contributed by atoms with Gasteiger partial charge in [-0.1, -0.05) is 25.1 Å². The molecule has 2 atom stereocenters. The van der Waals surface area contributed by atoms with Crippen LogP contribution >= 0.6 is 0 Å². The number of rotatable bonds is 4. The van der Waals surface area contributed by atoms with Crippen molar-refractivity contribution in [2.45, 2.75) is 38.0 Å². The first kappa shape index (κ1) is 19.1. The summed E-state index contributed by atoms with van der Waals surface area (Å²) in [5, 5.41) is 21.3.